The van der Waals surface area contributed by atoms with E-state index in [0.717, 1.165) is 17.0 Å². The van der Waals surface area contributed by atoms with E-state index in [9.17, 15) is 14.4 Å². The fourth-order valence-corrected chi connectivity index (χ4v) is 2.43. The van der Waals surface area contributed by atoms with Gasteiger partial charge in [-0.05, 0) is 20.3 Å². The van der Waals surface area contributed by atoms with Gasteiger partial charge < -0.3 is 14.6 Å². The van der Waals surface area contributed by atoms with E-state index in [-0.39, 0.29) is 23.2 Å². The van der Waals surface area contributed by atoms with Crippen LogP contribution in [0.2, 0.25) is 0 Å². The van der Waals surface area contributed by atoms with Crippen LogP contribution in [0.1, 0.15) is 31.9 Å². The van der Waals surface area contributed by atoms with E-state index in [1.165, 1.54) is 0 Å². The maximum absolute atomic E-state index is 11.6. The summed E-state index contributed by atoms with van der Waals surface area (Å²) in [5.74, 6) is -0.367. The second-order valence-corrected chi connectivity index (χ2v) is 5.12. The minimum absolute atomic E-state index is 0.0439. The van der Waals surface area contributed by atoms with E-state index < -0.39 is 0 Å². The Kier molecular flexibility index (Phi) is 7.00. The number of aryl methyl sites for hydroxylation is 1. The van der Waals surface area contributed by atoms with Gasteiger partial charge in [0, 0.05) is 37.0 Å². The van der Waals surface area contributed by atoms with Crippen molar-refractivity contribution < 1.29 is 14.3 Å². The molecule has 0 unspecified atom stereocenters. The van der Waals surface area contributed by atoms with Gasteiger partial charge in [-0.3, -0.25) is 14.4 Å². The molecule has 1 aromatic heterocycles. The highest BCUT2D eigenvalue weighted by Gasteiger charge is 2.07. The second kappa shape index (κ2) is 8.52. The average Bonchev–Trinajstić information content (AvgIpc) is 2.72. The minimum Gasteiger partial charge on any atom is -0.466 e. The molecule has 20 heavy (non-hydrogen) atoms. The first-order chi connectivity index (χ1) is 9.54. The van der Waals surface area contributed by atoms with Gasteiger partial charge >= 0.3 is 10.8 Å². The molecule has 1 aromatic rings. The molecular weight excluding hydrogens is 280 g/mol. The largest absolute Gasteiger partial charge is 0.466 e. The zero-order chi connectivity index (χ0) is 15.0. The van der Waals surface area contributed by atoms with Crippen molar-refractivity contribution in [1.82, 2.24) is 9.88 Å². The highest BCUT2D eigenvalue weighted by Crippen LogP contribution is 2.00. The van der Waals surface area contributed by atoms with Crippen LogP contribution in [0.4, 0.5) is 0 Å². The summed E-state index contributed by atoms with van der Waals surface area (Å²) in [7, 11) is 0. The molecule has 1 rings (SSSR count). The molecule has 0 atom stereocenters. The van der Waals surface area contributed by atoms with E-state index >= 15 is 0 Å². The Balaban J connectivity index is 2.18. The van der Waals surface area contributed by atoms with Gasteiger partial charge in [0.1, 0.15) is 0 Å². The summed E-state index contributed by atoms with van der Waals surface area (Å²) in [6, 6.07) is 0. The average molecular weight is 300 g/mol. The number of nitrogens with one attached hydrogen (secondary N) is 1. The number of carbonyl (C=O) groups excluding carboxylic acids is 2. The Morgan fingerprint density at radius 1 is 1.40 bits per heavy atom. The lowest BCUT2D eigenvalue weighted by Gasteiger charge is -2.06. The quantitative estimate of drug-likeness (QED) is 0.575. The molecule has 0 aliphatic rings. The summed E-state index contributed by atoms with van der Waals surface area (Å²) in [4.78, 5) is 34.1. The molecule has 0 bridgehead atoms. The molecule has 0 aliphatic carbocycles. The number of nitrogens with zero attached hydrogens (tertiary/aromatic N) is 1. The van der Waals surface area contributed by atoms with Gasteiger partial charge in [-0.15, -0.1) is 0 Å². The number of rotatable bonds is 8. The van der Waals surface area contributed by atoms with Gasteiger partial charge in [0.25, 0.3) is 0 Å². The van der Waals surface area contributed by atoms with Gasteiger partial charge in [-0.1, -0.05) is 11.3 Å². The molecule has 0 saturated heterocycles. The highest BCUT2D eigenvalue weighted by atomic mass is 32.1. The van der Waals surface area contributed by atoms with Crippen LogP contribution in [0.15, 0.2) is 10.2 Å². The maximum Gasteiger partial charge on any atom is 0.307 e. The normalized spacial score (nSPS) is 10.3. The molecule has 7 heteroatoms. The van der Waals surface area contributed by atoms with Crippen LogP contribution in [0.3, 0.4) is 0 Å². The predicted molar refractivity (Wildman–Crippen MR) is 76.8 cm³/mol. The summed E-state index contributed by atoms with van der Waals surface area (Å²) < 4.78 is 6.37. The highest BCUT2D eigenvalue weighted by molar-refractivity contribution is 7.07. The fraction of sp³-hybridized carbons (Fsp3) is 0.615. The number of hydrogen-bond acceptors (Lipinski definition) is 5. The first-order valence-electron chi connectivity index (χ1n) is 6.61. The van der Waals surface area contributed by atoms with Crippen molar-refractivity contribution >= 4 is 23.2 Å². The molecule has 0 aliphatic heterocycles. The van der Waals surface area contributed by atoms with Crippen molar-refractivity contribution in [2.45, 2.75) is 39.7 Å². The van der Waals surface area contributed by atoms with Gasteiger partial charge in [-0.2, -0.15) is 0 Å². The van der Waals surface area contributed by atoms with Crippen LogP contribution in [-0.2, 0) is 20.9 Å². The second-order valence-electron chi connectivity index (χ2n) is 4.30. The van der Waals surface area contributed by atoms with E-state index in [2.05, 4.69) is 5.32 Å². The van der Waals surface area contributed by atoms with Crippen LogP contribution >= 0.6 is 11.3 Å². The summed E-state index contributed by atoms with van der Waals surface area (Å²) in [6.07, 6.45) is 1.12. The number of aromatic nitrogens is 1. The molecule has 112 valence electrons. The van der Waals surface area contributed by atoms with Crippen LogP contribution in [-0.4, -0.2) is 29.6 Å². The van der Waals surface area contributed by atoms with E-state index in [1.54, 1.807) is 16.9 Å². The van der Waals surface area contributed by atoms with Crippen LogP contribution in [0.25, 0.3) is 0 Å². The third-order valence-corrected chi connectivity index (χ3v) is 3.61. The summed E-state index contributed by atoms with van der Waals surface area (Å²) in [5.41, 5.74) is 0.870. The molecule has 0 radical (unpaired) electrons. The minimum atomic E-state index is -0.248. The zero-order valence-corrected chi connectivity index (χ0v) is 12.6. The van der Waals surface area contributed by atoms with Gasteiger partial charge in [0.15, 0.2) is 0 Å². The Labute approximate surface area is 121 Å². The Morgan fingerprint density at radius 2 is 2.15 bits per heavy atom. The van der Waals surface area contributed by atoms with Gasteiger partial charge in [0.2, 0.25) is 5.91 Å². The lowest BCUT2D eigenvalue weighted by molar-refractivity contribution is -0.143. The lowest BCUT2D eigenvalue weighted by Crippen LogP contribution is -2.27. The summed E-state index contributed by atoms with van der Waals surface area (Å²) >= 11 is 1.14. The molecule has 0 fully saturated rings. The molecule has 1 amide bonds. The number of esters is 1. The number of ether oxygens (including phenoxy) is 1. The molecule has 0 saturated carbocycles. The SMILES string of the molecule is CCOC(=O)CCCNC(=O)CCn1c(C)csc1=O. The molecule has 6 nitrogen and oxygen atoms in total. The van der Waals surface area contributed by atoms with E-state index in [1.807, 2.05) is 6.92 Å². The van der Waals surface area contributed by atoms with Crippen molar-refractivity contribution in [3.8, 4) is 0 Å². The standard InChI is InChI=1S/C13H20N2O4S/c1-3-19-12(17)5-4-7-14-11(16)6-8-15-10(2)9-20-13(15)18/h9H,3-8H2,1-2H3,(H,14,16). The third-order valence-electron chi connectivity index (χ3n) is 2.72. The zero-order valence-electron chi connectivity index (χ0n) is 11.8. The summed E-state index contributed by atoms with van der Waals surface area (Å²) in [5, 5.41) is 4.50. The van der Waals surface area contributed by atoms with Crippen LogP contribution in [0.5, 0.6) is 0 Å². The molecule has 1 heterocycles. The lowest BCUT2D eigenvalue weighted by atomic mass is 10.3. The Morgan fingerprint density at radius 3 is 2.75 bits per heavy atom. The number of thiazole rings is 1. The first-order valence-corrected chi connectivity index (χ1v) is 7.49. The number of amides is 1. The van der Waals surface area contributed by atoms with Crippen LogP contribution < -0.4 is 10.2 Å². The Hall–Kier alpha value is -1.63. The fourth-order valence-electron chi connectivity index (χ4n) is 1.67. The number of carbonyl (C=O) groups is 2. The smallest absolute Gasteiger partial charge is 0.307 e. The van der Waals surface area contributed by atoms with Crippen LogP contribution in [0, 0.1) is 6.92 Å². The van der Waals surface area contributed by atoms with E-state index in [4.69, 9.17) is 4.74 Å². The maximum atomic E-state index is 11.6. The monoisotopic (exact) mass is 300 g/mol. The van der Waals surface area contributed by atoms with Crippen molar-refractivity contribution in [1.29, 1.82) is 0 Å². The number of hydrogen-bond donors (Lipinski definition) is 1. The summed E-state index contributed by atoms with van der Waals surface area (Å²) in [6.45, 7) is 4.80. The molecule has 0 aromatic carbocycles. The van der Waals surface area contributed by atoms with Crippen molar-refractivity contribution in [2.75, 3.05) is 13.2 Å². The van der Waals surface area contributed by atoms with Crippen molar-refractivity contribution in [2.24, 2.45) is 0 Å². The molecular formula is C13H20N2O4S. The third kappa shape index (κ3) is 5.56. The van der Waals surface area contributed by atoms with Crippen molar-refractivity contribution in [3.63, 3.8) is 0 Å². The Bertz CT molecular complexity index is 507. The van der Waals surface area contributed by atoms with Gasteiger partial charge in [-0.25, -0.2) is 0 Å². The molecule has 1 N–H and O–H groups in total. The molecule has 0 spiro atoms. The topological polar surface area (TPSA) is 77.4 Å². The van der Waals surface area contributed by atoms with E-state index in [0.29, 0.717) is 32.5 Å². The van der Waals surface area contributed by atoms with Crippen molar-refractivity contribution in [3.05, 3.63) is 20.7 Å². The predicted octanol–water partition coefficient (Wildman–Crippen LogP) is 1.07. The van der Waals surface area contributed by atoms with Gasteiger partial charge in [0.05, 0.1) is 6.61 Å². The first kappa shape index (κ1) is 16.4.